The second-order valence-corrected chi connectivity index (χ2v) is 14.5. The second kappa shape index (κ2) is 9.39. The Hall–Kier alpha value is -2.55. The number of aromatic hydroxyl groups is 1. The SMILES string of the molecule is C=C(C(=O)O)c1c(C(C)c2cc(C(C)(C)C)cc(C(C)(C)C)c2O)cc(C(C)(C)C)cc1C(C)(C)C. The number of carboxylic acids is 1. The molecule has 0 saturated carbocycles. The standard InChI is InChI=1S/C33H48O3/c1-19(24-16-22(31(6,7)8)18-26(28(24)34)33(12,13)14)23-15-21(30(3,4)5)17-25(32(9,10)11)27(23)20(2)29(35)36/h15-19,34H,2H2,1,3-14H3,(H,35,36). The molecule has 0 aliphatic carbocycles. The van der Waals surface area contributed by atoms with E-state index in [9.17, 15) is 15.0 Å². The molecule has 0 aromatic heterocycles. The molecule has 2 N–H and O–H groups in total. The number of aliphatic carboxylic acids is 1. The Bertz CT molecular complexity index is 1170. The van der Waals surface area contributed by atoms with Gasteiger partial charge in [0.25, 0.3) is 0 Å². The van der Waals surface area contributed by atoms with Crippen LogP contribution in [-0.2, 0) is 26.5 Å². The van der Waals surface area contributed by atoms with Crippen LogP contribution in [0.25, 0.3) is 5.57 Å². The summed E-state index contributed by atoms with van der Waals surface area (Å²) in [5.74, 6) is -0.989. The van der Waals surface area contributed by atoms with E-state index in [0.29, 0.717) is 5.56 Å². The summed E-state index contributed by atoms with van der Waals surface area (Å²) in [4.78, 5) is 12.3. The highest BCUT2D eigenvalue weighted by molar-refractivity contribution is 6.15. The summed E-state index contributed by atoms with van der Waals surface area (Å²) in [6.45, 7) is 31.8. The van der Waals surface area contributed by atoms with Crippen LogP contribution < -0.4 is 0 Å². The first-order chi connectivity index (χ1) is 16.0. The number of carbonyl (C=O) groups is 1. The highest BCUT2D eigenvalue weighted by atomic mass is 16.4. The fraction of sp³-hybridized carbons (Fsp3) is 0.545. The second-order valence-electron chi connectivity index (χ2n) is 14.5. The first-order valence-electron chi connectivity index (χ1n) is 13.0. The minimum atomic E-state index is -1.03. The van der Waals surface area contributed by atoms with Gasteiger partial charge in [-0.1, -0.05) is 121 Å². The van der Waals surface area contributed by atoms with E-state index >= 15 is 0 Å². The quantitative estimate of drug-likeness (QED) is 0.419. The smallest absolute Gasteiger partial charge is 0.335 e. The maximum absolute atomic E-state index is 12.3. The van der Waals surface area contributed by atoms with Gasteiger partial charge >= 0.3 is 5.97 Å². The fourth-order valence-corrected chi connectivity index (χ4v) is 4.63. The molecule has 0 aliphatic rings. The van der Waals surface area contributed by atoms with E-state index in [-0.39, 0.29) is 38.9 Å². The molecule has 0 bridgehead atoms. The van der Waals surface area contributed by atoms with Crippen LogP contribution in [0.2, 0.25) is 0 Å². The Morgan fingerprint density at radius 3 is 1.44 bits per heavy atom. The molecule has 198 valence electrons. The summed E-state index contributed by atoms with van der Waals surface area (Å²) in [6.07, 6.45) is 0. The lowest BCUT2D eigenvalue weighted by Crippen LogP contribution is -2.22. The molecule has 0 aliphatic heterocycles. The van der Waals surface area contributed by atoms with Crippen LogP contribution in [0.15, 0.2) is 30.8 Å². The predicted molar refractivity (Wildman–Crippen MR) is 154 cm³/mol. The van der Waals surface area contributed by atoms with Gasteiger partial charge < -0.3 is 10.2 Å². The normalized spacial score (nSPS) is 14.0. The molecule has 0 fully saturated rings. The summed E-state index contributed by atoms with van der Waals surface area (Å²) in [6, 6.07) is 8.49. The summed E-state index contributed by atoms with van der Waals surface area (Å²) >= 11 is 0. The van der Waals surface area contributed by atoms with Crippen LogP contribution in [0.5, 0.6) is 5.75 Å². The van der Waals surface area contributed by atoms with Gasteiger partial charge in [-0.05, 0) is 55.0 Å². The van der Waals surface area contributed by atoms with E-state index in [1.165, 1.54) is 0 Å². The molecular weight excluding hydrogens is 444 g/mol. The van der Waals surface area contributed by atoms with Crippen molar-refractivity contribution in [1.29, 1.82) is 0 Å². The molecule has 0 spiro atoms. The van der Waals surface area contributed by atoms with E-state index in [2.05, 4.69) is 121 Å². The van der Waals surface area contributed by atoms with Crippen molar-refractivity contribution in [1.82, 2.24) is 0 Å². The first-order valence-corrected chi connectivity index (χ1v) is 13.0. The van der Waals surface area contributed by atoms with Crippen molar-refractivity contribution in [2.45, 2.75) is 118 Å². The number of phenols is 1. The van der Waals surface area contributed by atoms with Gasteiger partial charge in [-0.15, -0.1) is 0 Å². The van der Waals surface area contributed by atoms with E-state index in [1.54, 1.807) is 0 Å². The molecule has 0 heterocycles. The summed E-state index contributed by atoms with van der Waals surface area (Å²) < 4.78 is 0. The molecule has 1 atom stereocenters. The molecule has 2 rings (SSSR count). The molecule has 3 heteroatoms. The lowest BCUT2D eigenvalue weighted by atomic mass is 9.71. The third-order valence-corrected chi connectivity index (χ3v) is 7.15. The number of rotatable bonds is 4. The largest absolute Gasteiger partial charge is 0.507 e. The Morgan fingerprint density at radius 2 is 1.08 bits per heavy atom. The molecule has 0 radical (unpaired) electrons. The summed E-state index contributed by atoms with van der Waals surface area (Å²) in [7, 11) is 0. The topological polar surface area (TPSA) is 57.5 Å². The molecule has 36 heavy (non-hydrogen) atoms. The Labute approximate surface area is 219 Å². The molecule has 2 aromatic rings. The minimum Gasteiger partial charge on any atom is -0.507 e. The molecule has 1 unspecified atom stereocenters. The van der Waals surface area contributed by atoms with Gasteiger partial charge in [0.2, 0.25) is 0 Å². The molecular formula is C33H48O3. The number of phenolic OH excluding ortho intramolecular Hbond substituents is 1. The number of benzene rings is 2. The third kappa shape index (κ3) is 6.05. The van der Waals surface area contributed by atoms with Crippen molar-refractivity contribution < 1.29 is 15.0 Å². The van der Waals surface area contributed by atoms with Crippen molar-refractivity contribution in [3.8, 4) is 5.75 Å². The summed E-state index contributed by atoms with van der Waals surface area (Å²) in [5, 5.41) is 21.6. The van der Waals surface area contributed by atoms with E-state index in [1.807, 2.05) is 0 Å². The molecule has 3 nitrogen and oxygen atoms in total. The van der Waals surface area contributed by atoms with Gasteiger partial charge in [0, 0.05) is 11.5 Å². The average Bonchev–Trinajstić information content (AvgIpc) is 2.68. The zero-order valence-electron chi connectivity index (χ0n) is 24.9. The van der Waals surface area contributed by atoms with Crippen LogP contribution in [0.1, 0.15) is 135 Å². The van der Waals surface area contributed by atoms with Crippen LogP contribution in [-0.4, -0.2) is 16.2 Å². The monoisotopic (exact) mass is 492 g/mol. The maximum Gasteiger partial charge on any atom is 0.335 e. The lowest BCUT2D eigenvalue weighted by molar-refractivity contribution is -0.130. The highest BCUT2D eigenvalue weighted by Crippen LogP contribution is 2.46. The van der Waals surface area contributed by atoms with Crippen molar-refractivity contribution in [3.63, 3.8) is 0 Å². The average molecular weight is 493 g/mol. The lowest BCUT2D eigenvalue weighted by Gasteiger charge is -2.33. The number of hydrogen-bond acceptors (Lipinski definition) is 2. The van der Waals surface area contributed by atoms with Crippen LogP contribution in [0.3, 0.4) is 0 Å². The van der Waals surface area contributed by atoms with Crippen molar-refractivity contribution in [2.75, 3.05) is 0 Å². The first kappa shape index (κ1) is 29.7. The Balaban J connectivity index is 3.09. The van der Waals surface area contributed by atoms with E-state index < -0.39 is 5.97 Å². The predicted octanol–water partition coefficient (Wildman–Crippen LogP) is 8.83. The van der Waals surface area contributed by atoms with E-state index in [0.717, 1.165) is 33.4 Å². The Kier molecular flexibility index (Phi) is 7.75. The molecule has 0 saturated heterocycles. The zero-order chi connectivity index (χ0) is 28.2. The molecule has 2 aromatic carbocycles. The van der Waals surface area contributed by atoms with Gasteiger partial charge in [0.05, 0.1) is 5.57 Å². The van der Waals surface area contributed by atoms with E-state index in [4.69, 9.17) is 0 Å². The Morgan fingerprint density at radius 1 is 0.694 bits per heavy atom. The number of carboxylic acid groups (broad SMARTS) is 1. The van der Waals surface area contributed by atoms with Gasteiger partial charge in [0.1, 0.15) is 5.75 Å². The van der Waals surface area contributed by atoms with Crippen molar-refractivity contribution >= 4 is 11.5 Å². The maximum atomic E-state index is 12.3. The van der Waals surface area contributed by atoms with Crippen LogP contribution >= 0.6 is 0 Å². The van der Waals surface area contributed by atoms with Crippen LogP contribution in [0.4, 0.5) is 0 Å². The van der Waals surface area contributed by atoms with Gasteiger partial charge in [-0.2, -0.15) is 0 Å². The fourth-order valence-electron chi connectivity index (χ4n) is 4.63. The van der Waals surface area contributed by atoms with Gasteiger partial charge in [-0.25, -0.2) is 4.79 Å². The van der Waals surface area contributed by atoms with Gasteiger partial charge in [0.15, 0.2) is 0 Å². The van der Waals surface area contributed by atoms with Crippen LogP contribution in [0, 0.1) is 0 Å². The summed E-state index contributed by atoms with van der Waals surface area (Å²) in [5.41, 5.74) is 5.82. The molecule has 0 amide bonds. The number of hydrogen-bond donors (Lipinski definition) is 2. The van der Waals surface area contributed by atoms with Crippen molar-refractivity contribution in [3.05, 3.63) is 69.8 Å². The third-order valence-electron chi connectivity index (χ3n) is 7.15. The zero-order valence-corrected chi connectivity index (χ0v) is 24.9. The van der Waals surface area contributed by atoms with Gasteiger partial charge in [-0.3, -0.25) is 0 Å². The highest BCUT2D eigenvalue weighted by Gasteiger charge is 2.32. The van der Waals surface area contributed by atoms with Crippen molar-refractivity contribution in [2.24, 2.45) is 0 Å². The minimum absolute atomic E-state index is 0.0877.